The molecule has 1 aromatic heterocycles. The van der Waals surface area contributed by atoms with Crippen LogP contribution in [0.25, 0.3) is 0 Å². The summed E-state index contributed by atoms with van der Waals surface area (Å²) in [7, 11) is -3.34. The Morgan fingerprint density at radius 3 is 2.74 bits per heavy atom. The van der Waals surface area contributed by atoms with Crippen LogP contribution in [0.15, 0.2) is 17.5 Å². The predicted molar refractivity (Wildman–Crippen MR) is 76.8 cm³/mol. The van der Waals surface area contributed by atoms with Gasteiger partial charge in [-0.2, -0.15) is 0 Å². The van der Waals surface area contributed by atoms with Crippen LogP contribution in [-0.2, 0) is 21.2 Å². The molecule has 1 aliphatic carbocycles. The smallest absolute Gasteiger partial charge is 0.238 e. The van der Waals surface area contributed by atoms with Gasteiger partial charge in [0, 0.05) is 4.88 Å². The number of hydrogen-bond donors (Lipinski definition) is 1. The summed E-state index contributed by atoms with van der Waals surface area (Å²) < 4.78 is 24.6. The highest BCUT2D eigenvalue weighted by atomic mass is 32.2. The lowest BCUT2D eigenvalue weighted by Gasteiger charge is -2.17. The van der Waals surface area contributed by atoms with Gasteiger partial charge in [-0.05, 0) is 31.2 Å². The van der Waals surface area contributed by atoms with Crippen LogP contribution in [-0.4, -0.2) is 24.8 Å². The molecule has 1 amide bonds. The molecule has 1 saturated carbocycles. The molecule has 0 aliphatic heterocycles. The van der Waals surface area contributed by atoms with Crippen molar-refractivity contribution in [1.82, 2.24) is 5.32 Å². The first-order chi connectivity index (χ1) is 9.01. The fourth-order valence-corrected chi connectivity index (χ4v) is 4.98. The number of sulfone groups is 1. The van der Waals surface area contributed by atoms with Crippen LogP contribution in [0.5, 0.6) is 0 Å². The third-order valence-corrected chi connectivity index (χ3v) is 7.12. The second-order valence-corrected chi connectivity index (χ2v) is 8.52. The zero-order chi connectivity index (χ0) is 13.9. The summed E-state index contributed by atoms with van der Waals surface area (Å²) in [6.45, 7) is 1.90. The second kappa shape index (κ2) is 6.05. The molecule has 1 atom stereocenters. The first-order valence-electron chi connectivity index (χ1n) is 6.54. The Balaban J connectivity index is 1.94. The van der Waals surface area contributed by atoms with Crippen molar-refractivity contribution in [2.75, 3.05) is 0 Å². The van der Waals surface area contributed by atoms with Gasteiger partial charge in [0.15, 0.2) is 9.84 Å². The number of nitrogens with one attached hydrogen (secondary N) is 1. The molecule has 0 spiro atoms. The number of amides is 1. The maximum Gasteiger partial charge on any atom is 0.238 e. The average molecular weight is 301 g/mol. The third kappa shape index (κ3) is 3.36. The summed E-state index contributed by atoms with van der Waals surface area (Å²) in [6.07, 6.45) is 3.30. The summed E-state index contributed by atoms with van der Waals surface area (Å²) in [5.74, 6) is -0.389. The summed E-state index contributed by atoms with van der Waals surface area (Å²) in [5.41, 5.74) is 0. The van der Waals surface area contributed by atoms with Crippen molar-refractivity contribution in [2.45, 2.75) is 49.7 Å². The van der Waals surface area contributed by atoms with E-state index in [9.17, 15) is 13.2 Å². The van der Waals surface area contributed by atoms with E-state index in [-0.39, 0.29) is 11.2 Å². The van der Waals surface area contributed by atoms with Crippen molar-refractivity contribution in [1.29, 1.82) is 0 Å². The quantitative estimate of drug-likeness (QED) is 0.906. The maximum absolute atomic E-state index is 12.3. The van der Waals surface area contributed by atoms with E-state index >= 15 is 0 Å². The van der Waals surface area contributed by atoms with Gasteiger partial charge in [0.05, 0.1) is 11.8 Å². The van der Waals surface area contributed by atoms with Crippen molar-refractivity contribution in [2.24, 2.45) is 0 Å². The zero-order valence-electron chi connectivity index (χ0n) is 11.0. The molecule has 106 valence electrons. The van der Waals surface area contributed by atoms with E-state index in [0.717, 1.165) is 17.7 Å². The fourth-order valence-electron chi connectivity index (χ4n) is 2.39. The van der Waals surface area contributed by atoms with Gasteiger partial charge in [-0.25, -0.2) is 8.42 Å². The molecule has 1 N–H and O–H groups in total. The molecule has 2 rings (SSSR count). The van der Waals surface area contributed by atoms with Gasteiger partial charge in [0.1, 0.15) is 5.25 Å². The lowest BCUT2D eigenvalue weighted by atomic mass is 10.4. The van der Waals surface area contributed by atoms with E-state index in [1.54, 1.807) is 11.3 Å². The Kier molecular flexibility index (Phi) is 4.62. The molecule has 0 aromatic carbocycles. The average Bonchev–Trinajstić information content (AvgIpc) is 3.07. The van der Waals surface area contributed by atoms with E-state index in [1.807, 2.05) is 17.5 Å². The predicted octanol–water partition coefficient (Wildman–Crippen LogP) is 2.11. The van der Waals surface area contributed by atoms with Crippen LogP contribution < -0.4 is 5.32 Å². The van der Waals surface area contributed by atoms with Crippen LogP contribution in [0.1, 0.15) is 37.5 Å². The molecule has 1 fully saturated rings. The lowest BCUT2D eigenvalue weighted by Crippen LogP contribution is -2.41. The molecular formula is C13H19NO3S2. The fraction of sp³-hybridized carbons (Fsp3) is 0.615. The van der Waals surface area contributed by atoms with Crippen molar-refractivity contribution in [3.05, 3.63) is 22.4 Å². The summed E-state index contributed by atoms with van der Waals surface area (Å²) >= 11 is 1.55. The first-order valence-corrected chi connectivity index (χ1v) is 9.03. The monoisotopic (exact) mass is 301 g/mol. The molecule has 1 aliphatic rings. The summed E-state index contributed by atoms with van der Waals surface area (Å²) in [4.78, 5) is 13.0. The molecule has 1 unspecified atom stereocenters. The van der Waals surface area contributed by atoms with Crippen LogP contribution in [0.2, 0.25) is 0 Å². The normalized spacial score (nSPS) is 18.4. The van der Waals surface area contributed by atoms with E-state index in [1.165, 1.54) is 6.92 Å². The van der Waals surface area contributed by atoms with Crippen LogP contribution in [0.3, 0.4) is 0 Å². The van der Waals surface area contributed by atoms with Gasteiger partial charge in [-0.15, -0.1) is 11.3 Å². The van der Waals surface area contributed by atoms with Crippen LogP contribution in [0.4, 0.5) is 0 Å². The maximum atomic E-state index is 12.3. The topological polar surface area (TPSA) is 63.2 Å². The van der Waals surface area contributed by atoms with E-state index in [2.05, 4.69) is 5.32 Å². The molecule has 1 heterocycles. The van der Waals surface area contributed by atoms with Crippen LogP contribution >= 0.6 is 11.3 Å². The lowest BCUT2D eigenvalue weighted by molar-refractivity contribution is -0.120. The van der Waals surface area contributed by atoms with Crippen molar-refractivity contribution in [3.63, 3.8) is 0 Å². The van der Waals surface area contributed by atoms with E-state index in [0.29, 0.717) is 19.4 Å². The van der Waals surface area contributed by atoms with Crippen LogP contribution in [0, 0.1) is 0 Å². The van der Waals surface area contributed by atoms with E-state index < -0.39 is 15.1 Å². The second-order valence-electron chi connectivity index (χ2n) is 4.93. The largest absolute Gasteiger partial charge is 0.350 e. The van der Waals surface area contributed by atoms with Gasteiger partial charge < -0.3 is 5.32 Å². The Hall–Kier alpha value is -0.880. The SMILES string of the molecule is CC(C(=O)NCc1cccs1)S(=O)(=O)C1CCCC1. The highest BCUT2D eigenvalue weighted by Crippen LogP contribution is 2.27. The molecular weight excluding hydrogens is 282 g/mol. The van der Waals surface area contributed by atoms with Crippen molar-refractivity contribution < 1.29 is 13.2 Å². The van der Waals surface area contributed by atoms with Gasteiger partial charge in [-0.1, -0.05) is 18.9 Å². The number of thiophene rings is 1. The molecule has 0 saturated heterocycles. The number of carbonyl (C=O) groups is 1. The molecule has 4 nitrogen and oxygen atoms in total. The minimum absolute atomic E-state index is 0.324. The van der Waals surface area contributed by atoms with Gasteiger partial charge >= 0.3 is 0 Å². The number of carbonyl (C=O) groups excluding carboxylic acids is 1. The Bertz CT molecular complexity index is 516. The highest BCUT2D eigenvalue weighted by molar-refractivity contribution is 7.93. The van der Waals surface area contributed by atoms with Gasteiger partial charge in [0.2, 0.25) is 5.91 Å². The van der Waals surface area contributed by atoms with Crippen molar-refractivity contribution in [3.8, 4) is 0 Å². The minimum Gasteiger partial charge on any atom is -0.350 e. The van der Waals surface area contributed by atoms with Crippen molar-refractivity contribution >= 4 is 27.1 Å². The zero-order valence-corrected chi connectivity index (χ0v) is 12.6. The number of hydrogen-bond acceptors (Lipinski definition) is 4. The summed E-state index contributed by atoms with van der Waals surface area (Å²) in [6, 6.07) is 3.83. The van der Waals surface area contributed by atoms with Gasteiger partial charge in [-0.3, -0.25) is 4.79 Å². The molecule has 19 heavy (non-hydrogen) atoms. The molecule has 1 aromatic rings. The molecule has 0 bridgehead atoms. The Labute approximate surface area is 118 Å². The first kappa shape index (κ1) is 14.5. The van der Waals surface area contributed by atoms with E-state index in [4.69, 9.17) is 0 Å². The Morgan fingerprint density at radius 2 is 2.16 bits per heavy atom. The number of rotatable bonds is 5. The molecule has 6 heteroatoms. The standard InChI is InChI=1S/C13H19NO3S2/c1-10(19(16,17)12-6-2-3-7-12)13(15)14-9-11-5-4-8-18-11/h4-5,8,10,12H,2-3,6-7,9H2,1H3,(H,14,15). The summed E-state index contributed by atoms with van der Waals surface area (Å²) in [5, 5.41) is 3.36. The third-order valence-electron chi connectivity index (χ3n) is 3.65. The minimum atomic E-state index is -3.34. The highest BCUT2D eigenvalue weighted by Gasteiger charge is 2.36. The Morgan fingerprint density at radius 1 is 1.47 bits per heavy atom. The molecule has 0 radical (unpaired) electrons. The van der Waals surface area contributed by atoms with Gasteiger partial charge in [0.25, 0.3) is 0 Å².